The van der Waals surface area contributed by atoms with Crippen molar-refractivity contribution in [1.82, 2.24) is 10.2 Å². The highest BCUT2D eigenvalue weighted by Gasteiger charge is 2.43. The Balaban J connectivity index is 1.50. The summed E-state index contributed by atoms with van der Waals surface area (Å²) in [6.45, 7) is 6.94. The number of piperidine rings is 1. The number of carbonyl (C=O) groups excluding carboxylic acids is 1. The molecule has 0 saturated carbocycles. The van der Waals surface area contributed by atoms with Gasteiger partial charge in [-0.25, -0.2) is 0 Å². The van der Waals surface area contributed by atoms with Crippen LogP contribution in [0.4, 0.5) is 18.9 Å². The third-order valence-corrected chi connectivity index (χ3v) is 7.73. The molecule has 4 rings (SSSR count). The van der Waals surface area contributed by atoms with Crippen LogP contribution in [0.15, 0.2) is 18.2 Å². The number of anilines is 1. The minimum Gasteiger partial charge on any atom is -0.381 e. The van der Waals surface area contributed by atoms with Crippen LogP contribution in [0.3, 0.4) is 0 Å². The summed E-state index contributed by atoms with van der Waals surface area (Å²) in [4.78, 5) is 17.4. The van der Waals surface area contributed by atoms with Crippen LogP contribution in [0, 0.1) is 29.1 Å². The van der Waals surface area contributed by atoms with Crippen LogP contribution in [-0.2, 0) is 15.7 Å². The number of hydrogen-bond acceptors (Lipinski definition) is 5. The molecule has 0 spiro atoms. The number of benzene rings is 1. The van der Waals surface area contributed by atoms with E-state index in [1.807, 2.05) is 11.8 Å². The minimum absolute atomic E-state index is 0.0217. The number of halogens is 3. The van der Waals surface area contributed by atoms with E-state index >= 15 is 0 Å². The van der Waals surface area contributed by atoms with E-state index in [-0.39, 0.29) is 23.3 Å². The Morgan fingerprint density at radius 2 is 1.88 bits per heavy atom. The van der Waals surface area contributed by atoms with E-state index < -0.39 is 11.7 Å². The molecule has 0 radical (unpaired) electrons. The number of alkyl halides is 3. The van der Waals surface area contributed by atoms with Gasteiger partial charge in [0.1, 0.15) is 0 Å². The number of amides is 1. The van der Waals surface area contributed by atoms with Crippen molar-refractivity contribution < 1.29 is 22.7 Å². The highest BCUT2D eigenvalue weighted by Crippen LogP contribution is 2.40. The van der Waals surface area contributed by atoms with Gasteiger partial charge < -0.3 is 19.9 Å². The number of ether oxygens (including phenoxy) is 1. The highest BCUT2D eigenvalue weighted by molar-refractivity contribution is 5.80. The lowest BCUT2D eigenvalue weighted by atomic mass is 9.77. The van der Waals surface area contributed by atoms with E-state index in [2.05, 4.69) is 10.2 Å². The molecule has 1 aromatic carbocycles. The second-order valence-electron chi connectivity index (χ2n) is 9.63. The van der Waals surface area contributed by atoms with Crippen LogP contribution in [0.5, 0.6) is 0 Å². The fraction of sp³-hybridized carbons (Fsp3) is 0.680. The third-order valence-electron chi connectivity index (χ3n) is 7.73. The molecule has 3 saturated heterocycles. The smallest absolute Gasteiger partial charge is 0.381 e. The number of likely N-dealkylation sites (tertiary alicyclic amines) is 1. The number of carbonyl (C=O) groups is 1. The van der Waals surface area contributed by atoms with Gasteiger partial charge in [0.2, 0.25) is 5.91 Å². The van der Waals surface area contributed by atoms with Gasteiger partial charge in [0.25, 0.3) is 0 Å². The quantitative estimate of drug-likeness (QED) is 0.700. The van der Waals surface area contributed by atoms with Gasteiger partial charge in [-0.05, 0) is 75.7 Å². The number of nitrogens with zero attached hydrogens (tertiary/aromatic N) is 3. The van der Waals surface area contributed by atoms with Crippen LogP contribution >= 0.6 is 0 Å². The zero-order valence-corrected chi connectivity index (χ0v) is 19.6. The lowest BCUT2D eigenvalue weighted by Gasteiger charge is -2.41. The van der Waals surface area contributed by atoms with Gasteiger partial charge >= 0.3 is 6.18 Å². The second-order valence-corrected chi connectivity index (χ2v) is 9.63. The van der Waals surface area contributed by atoms with E-state index in [9.17, 15) is 18.0 Å². The highest BCUT2D eigenvalue weighted by atomic mass is 19.4. The Morgan fingerprint density at radius 1 is 1.18 bits per heavy atom. The van der Waals surface area contributed by atoms with E-state index in [0.29, 0.717) is 37.3 Å². The first kappa shape index (κ1) is 24.8. The largest absolute Gasteiger partial charge is 0.417 e. The van der Waals surface area contributed by atoms with Gasteiger partial charge in [-0.3, -0.25) is 4.79 Å². The van der Waals surface area contributed by atoms with Crippen LogP contribution in [-0.4, -0.2) is 62.8 Å². The Bertz CT molecular complexity index is 902. The predicted octanol–water partition coefficient (Wildman–Crippen LogP) is 3.66. The molecular formula is C25H33F3N4O2. The second kappa shape index (κ2) is 10.5. The molecule has 0 aliphatic carbocycles. The molecule has 9 heteroatoms. The maximum atomic E-state index is 13.5. The van der Waals surface area contributed by atoms with Crippen molar-refractivity contribution in [1.29, 1.82) is 5.26 Å². The van der Waals surface area contributed by atoms with Crippen LogP contribution in [0.25, 0.3) is 0 Å². The summed E-state index contributed by atoms with van der Waals surface area (Å²) in [6.07, 6.45) is -0.497. The van der Waals surface area contributed by atoms with Crippen molar-refractivity contribution in [3.05, 3.63) is 29.3 Å². The maximum Gasteiger partial charge on any atom is 0.417 e. The molecule has 2 atom stereocenters. The monoisotopic (exact) mass is 478 g/mol. The summed E-state index contributed by atoms with van der Waals surface area (Å²) in [7, 11) is 0. The van der Waals surface area contributed by atoms with Crippen LogP contribution in [0.2, 0.25) is 0 Å². The number of rotatable bonds is 5. The Hall–Kier alpha value is -2.31. The molecule has 0 aromatic heterocycles. The standard InChI is InChI=1S/C25H33F3N4O2/c1-2-30-24(33)22-16-32(20-4-3-18(14-29)23(13-20)25(26,27)28)15-21(22)17-5-9-31(10-6-17)19-7-11-34-12-8-19/h3-4,13,17,19,21-22H,2,5-12,15-16H2,1H3,(H,30,33)/t21-,22+/m0/s1. The van der Waals surface area contributed by atoms with Crippen molar-refractivity contribution in [3.63, 3.8) is 0 Å². The maximum absolute atomic E-state index is 13.5. The summed E-state index contributed by atoms with van der Waals surface area (Å²) >= 11 is 0. The molecule has 1 aromatic rings. The molecule has 34 heavy (non-hydrogen) atoms. The van der Waals surface area contributed by atoms with E-state index in [1.54, 1.807) is 12.1 Å². The Labute approximate surface area is 199 Å². The Kier molecular flexibility index (Phi) is 7.68. The molecule has 186 valence electrons. The number of nitriles is 1. The van der Waals surface area contributed by atoms with Crippen molar-refractivity contribution in [2.75, 3.05) is 50.8 Å². The van der Waals surface area contributed by atoms with E-state index in [1.165, 1.54) is 6.07 Å². The summed E-state index contributed by atoms with van der Waals surface area (Å²) in [5, 5.41) is 12.0. The molecule has 3 aliphatic rings. The fourth-order valence-electron chi connectivity index (χ4n) is 5.92. The van der Waals surface area contributed by atoms with Gasteiger partial charge in [-0.15, -0.1) is 0 Å². The normalized spacial score (nSPS) is 25.3. The van der Waals surface area contributed by atoms with Gasteiger partial charge in [0.05, 0.1) is 23.1 Å². The minimum atomic E-state index is -4.60. The zero-order valence-electron chi connectivity index (χ0n) is 19.6. The molecular weight excluding hydrogens is 445 g/mol. The molecule has 0 bridgehead atoms. The predicted molar refractivity (Wildman–Crippen MR) is 122 cm³/mol. The van der Waals surface area contributed by atoms with Gasteiger partial charge in [-0.2, -0.15) is 18.4 Å². The van der Waals surface area contributed by atoms with E-state index in [0.717, 1.165) is 58.1 Å². The molecule has 3 heterocycles. The molecule has 3 aliphatic heterocycles. The fourth-order valence-corrected chi connectivity index (χ4v) is 5.92. The van der Waals surface area contributed by atoms with Crippen molar-refractivity contribution in [2.24, 2.45) is 17.8 Å². The first-order chi connectivity index (χ1) is 16.3. The first-order valence-corrected chi connectivity index (χ1v) is 12.3. The summed E-state index contributed by atoms with van der Waals surface area (Å²) in [6, 6.07) is 6.07. The zero-order chi connectivity index (χ0) is 24.3. The average molecular weight is 479 g/mol. The molecule has 1 N–H and O–H groups in total. The Morgan fingerprint density at radius 3 is 2.50 bits per heavy atom. The topological polar surface area (TPSA) is 68.6 Å². The molecule has 3 fully saturated rings. The number of hydrogen-bond donors (Lipinski definition) is 1. The van der Waals surface area contributed by atoms with Crippen molar-refractivity contribution >= 4 is 11.6 Å². The van der Waals surface area contributed by atoms with Crippen molar-refractivity contribution in [2.45, 2.75) is 44.8 Å². The van der Waals surface area contributed by atoms with Crippen LogP contribution < -0.4 is 10.2 Å². The molecule has 0 unspecified atom stereocenters. The van der Waals surface area contributed by atoms with Gasteiger partial charge in [0, 0.05) is 44.6 Å². The first-order valence-electron chi connectivity index (χ1n) is 12.3. The lowest BCUT2D eigenvalue weighted by Crippen LogP contribution is -2.46. The van der Waals surface area contributed by atoms with Crippen molar-refractivity contribution in [3.8, 4) is 6.07 Å². The molecule has 6 nitrogen and oxygen atoms in total. The van der Waals surface area contributed by atoms with Gasteiger partial charge in [0.15, 0.2) is 0 Å². The third kappa shape index (κ3) is 5.33. The number of nitrogens with one attached hydrogen (secondary N) is 1. The van der Waals surface area contributed by atoms with E-state index in [4.69, 9.17) is 10.00 Å². The average Bonchev–Trinajstić information content (AvgIpc) is 3.30. The lowest BCUT2D eigenvalue weighted by molar-refractivity contribution is -0.137. The summed E-state index contributed by atoms with van der Waals surface area (Å²) < 4.78 is 46.0. The SMILES string of the molecule is CCNC(=O)[C@@H]1CN(c2ccc(C#N)c(C(F)(F)F)c2)C[C@H]1C1CCN(C2CCOCC2)CC1. The van der Waals surface area contributed by atoms with Crippen LogP contribution in [0.1, 0.15) is 43.7 Å². The van der Waals surface area contributed by atoms with Gasteiger partial charge in [-0.1, -0.05) is 0 Å². The summed E-state index contributed by atoms with van der Waals surface area (Å²) in [5.41, 5.74) is -0.884. The summed E-state index contributed by atoms with van der Waals surface area (Å²) in [5.74, 6) is 0.165. The molecule has 1 amide bonds.